The summed E-state index contributed by atoms with van der Waals surface area (Å²) in [5.41, 5.74) is 2.06. The summed E-state index contributed by atoms with van der Waals surface area (Å²) in [5.74, 6) is 0.677. The quantitative estimate of drug-likeness (QED) is 0.121. The predicted octanol–water partition coefficient (Wildman–Crippen LogP) is 5.06. The lowest BCUT2D eigenvalue weighted by molar-refractivity contribution is -0.111. The molecule has 3 rings (SSSR count). The molecule has 0 aliphatic carbocycles. The van der Waals surface area contributed by atoms with Gasteiger partial charge < -0.3 is 31.3 Å². The Morgan fingerprint density at radius 3 is 2.52 bits per heavy atom. The number of carbonyl (C=O) groups is 1. The van der Waals surface area contributed by atoms with Gasteiger partial charge in [-0.25, -0.2) is 13.4 Å². The van der Waals surface area contributed by atoms with Gasteiger partial charge in [0.2, 0.25) is 11.9 Å². The lowest BCUT2D eigenvalue weighted by Crippen LogP contribution is -2.22. The fourth-order valence-electron chi connectivity index (χ4n) is 3.58. The number of carbonyl (C=O) groups excluding carboxylic acids is 1. The van der Waals surface area contributed by atoms with Crippen LogP contribution in [0.25, 0.3) is 0 Å². The van der Waals surface area contributed by atoms with Gasteiger partial charge in [-0.2, -0.15) is 4.98 Å². The average molecular weight is 633 g/mol. The number of anilines is 6. The number of benzene rings is 2. The van der Waals surface area contributed by atoms with Crippen LogP contribution in [0.5, 0.6) is 5.75 Å². The maximum atomic E-state index is 12.9. The Morgan fingerprint density at radius 2 is 1.85 bits per heavy atom. The van der Waals surface area contributed by atoms with E-state index in [1.165, 1.54) is 13.2 Å². The van der Waals surface area contributed by atoms with Crippen molar-refractivity contribution in [2.45, 2.75) is 30.9 Å². The number of halogens is 1. The van der Waals surface area contributed by atoms with E-state index in [1.807, 2.05) is 6.92 Å². The molecule has 1 aromatic heterocycles. The summed E-state index contributed by atoms with van der Waals surface area (Å²) in [6.45, 7) is 11.0. The van der Waals surface area contributed by atoms with Crippen LogP contribution >= 0.6 is 15.9 Å². The molecule has 0 radical (unpaired) electrons. The van der Waals surface area contributed by atoms with Crippen molar-refractivity contribution < 1.29 is 17.9 Å². The maximum absolute atomic E-state index is 12.9. The third kappa shape index (κ3) is 7.71. The first-order valence-electron chi connectivity index (χ1n) is 12.6. The molecule has 0 atom stereocenters. The van der Waals surface area contributed by atoms with Crippen LogP contribution in [-0.2, 0) is 14.6 Å². The Hall–Kier alpha value is -3.68. The molecule has 0 aliphatic rings. The SMILES string of the molecule is C=CC(=O)Nc1cc(Nc2ncc(Br)c(Nc3ccccc3S(=O)(=O)C(C)C)n2)c(OC)cc1NCCNCC. The van der Waals surface area contributed by atoms with Crippen molar-refractivity contribution in [2.75, 3.05) is 48.0 Å². The molecular formula is C27H34BrN7O4S. The third-order valence-electron chi connectivity index (χ3n) is 5.71. The van der Waals surface area contributed by atoms with Crippen LogP contribution in [-0.4, -0.2) is 56.3 Å². The predicted molar refractivity (Wildman–Crippen MR) is 164 cm³/mol. The average Bonchev–Trinajstić information content (AvgIpc) is 2.93. The molecule has 3 aromatic rings. The molecule has 0 aliphatic heterocycles. The number of likely N-dealkylation sites (N-methyl/N-ethyl adjacent to an activating group) is 1. The molecule has 1 heterocycles. The van der Waals surface area contributed by atoms with E-state index >= 15 is 0 Å². The van der Waals surface area contributed by atoms with Gasteiger partial charge in [-0.15, -0.1) is 0 Å². The molecule has 11 nitrogen and oxygen atoms in total. The van der Waals surface area contributed by atoms with Crippen molar-refractivity contribution in [1.82, 2.24) is 15.3 Å². The lowest BCUT2D eigenvalue weighted by atomic mass is 10.2. The minimum atomic E-state index is -3.54. The minimum absolute atomic E-state index is 0.173. The zero-order valence-electron chi connectivity index (χ0n) is 22.8. The smallest absolute Gasteiger partial charge is 0.247 e. The summed E-state index contributed by atoms with van der Waals surface area (Å²) in [4.78, 5) is 21.2. The monoisotopic (exact) mass is 631 g/mol. The van der Waals surface area contributed by atoms with E-state index in [2.05, 4.69) is 59.1 Å². The summed E-state index contributed by atoms with van der Waals surface area (Å²) in [6, 6.07) is 10.1. The third-order valence-corrected chi connectivity index (χ3v) is 8.50. The van der Waals surface area contributed by atoms with Gasteiger partial charge in [-0.3, -0.25) is 4.79 Å². The standard InChI is InChI=1S/C27H34BrN7O4S/c1-6-25(36)32-21-14-22(23(39-5)15-20(21)30-13-12-29-7-2)34-27-31-16-18(28)26(35-27)33-19-10-8-9-11-24(19)40(37,38)17(3)4/h6,8-11,14-17,29-30H,1,7,12-13H2,2-5H3,(H,32,36)(H2,31,33,34,35). The van der Waals surface area contributed by atoms with Crippen molar-refractivity contribution in [3.63, 3.8) is 0 Å². The molecule has 1 amide bonds. The van der Waals surface area contributed by atoms with Crippen LogP contribution in [0.3, 0.4) is 0 Å². The first kappa shape index (κ1) is 30.9. The summed E-state index contributed by atoms with van der Waals surface area (Å²) < 4.78 is 31.9. The first-order chi connectivity index (χ1) is 19.1. The van der Waals surface area contributed by atoms with Crippen molar-refractivity contribution in [3.8, 4) is 5.75 Å². The number of ether oxygens (including phenoxy) is 1. The van der Waals surface area contributed by atoms with E-state index in [0.29, 0.717) is 45.3 Å². The number of para-hydroxylation sites is 1. The normalized spacial score (nSPS) is 11.2. The van der Waals surface area contributed by atoms with Gasteiger partial charge in [0.1, 0.15) is 11.6 Å². The second-order valence-electron chi connectivity index (χ2n) is 8.80. The Kier molecular flexibility index (Phi) is 10.9. The number of methoxy groups -OCH3 is 1. The number of hydrogen-bond acceptors (Lipinski definition) is 10. The van der Waals surface area contributed by atoms with E-state index in [-0.39, 0.29) is 16.8 Å². The van der Waals surface area contributed by atoms with Crippen LogP contribution in [0.4, 0.5) is 34.5 Å². The molecule has 2 aromatic carbocycles. The van der Waals surface area contributed by atoms with E-state index in [0.717, 1.165) is 13.1 Å². The van der Waals surface area contributed by atoms with Crippen molar-refractivity contribution >= 4 is 66.2 Å². The molecule has 0 fully saturated rings. The lowest BCUT2D eigenvalue weighted by Gasteiger charge is -2.18. The topological polar surface area (TPSA) is 146 Å². The van der Waals surface area contributed by atoms with Gasteiger partial charge in [0, 0.05) is 25.4 Å². The summed E-state index contributed by atoms with van der Waals surface area (Å²) in [6.07, 6.45) is 2.73. The Morgan fingerprint density at radius 1 is 1.10 bits per heavy atom. The number of amides is 1. The number of nitrogens with zero attached hydrogens (tertiary/aromatic N) is 2. The van der Waals surface area contributed by atoms with Crippen molar-refractivity contribution in [3.05, 3.63) is 59.7 Å². The molecule has 13 heteroatoms. The van der Waals surface area contributed by atoms with E-state index in [1.54, 1.807) is 56.4 Å². The second kappa shape index (κ2) is 14.1. The molecule has 214 valence electrons. The zero-order chi connectivity index (χ0) is 29.3. The molecule has 0 saturated heterocycles. The van der Waals surface area contributed by atoms with Crippen molar-refractivity contribution in [1.29, 1.82) is 0 Å². The van der Waals surface area contributed by atoms with Crippen molar-refractivity contribution in [2.24, 2.45) is 0 Å². The number of aromatic nitrogens is 2. The molecule has 5 N–H and O–H groups in total. The molecule has 40 heavy (non-hydrogen) atoms. The van der Waals surface area contributed by atoms with E-state index in [9.17, 15) is 13.2 Å². The van der Waals surface area contributed by atoms with E-state index in [4.69, 9.17) is 4.74 Å². The maximum Gasteiger partial charge on any atom is 0.247 e. The second-order valence-corrected chi connectivity index (χ2v) is 12.1. The highest BCUT2D eigenvalue weighted by molar-refractivity contribution is 9.10. The molecule has 0 spiro atoms. The van der Waals surface area contributed by atoms with Crippen LogP contribution < -0.4 is 31.3 Å². The number of nitrogens with one attached hydrogen (secondary N) is 5. The van der Waals surface area contributed by atoms with Crippen LogP contribution in [0, 0.1) is 0 Å². The van der Waals surface area contributed by atoms with Gasteiger partial charge in [-0.05, 0) is 60.6 Å². The van der Waals surface area contributed by atoms with Gasteiger partial charge in [0.25, 0.3) is 0 Å². The van der Waals surface area contributed by atoms with Gasteiger partial charge >= 0.3 is 0 Å². The minimum Gasteiger partial charge on any atom is -0.494 e. The zero-order valence-corrected chi connectivity index (χ0v) is 25.2. The van der Waals surface area contributed by atoms with Gasteiger partial charge in [-0.1, -0.05) is 25.6 Å². The fourth-order valence-corrected chi connectivity index (χ4v) is 5.07. The highest BCUT2D eigenvalue weighted by Gasteiger charge is 2.23. The van der Waals surface area contributed by atoms with Crippen LogP contribution in [0.1, 0.15) is 20.8 Å². The van der Waals surface area contributed by atoms with Gasteiger partial charge in [0.05, 0.1) is 44.5 Å². The highest BCUT2D eigenvalue weighted by Crippen LogP contribution is 2.37. The summed E-state index contributed by atoms with van der Waals surface area (Å²) in [5, 5.41) is 15.0. The first-order valence-corrected chi connectivity index (χ1v) is 14.9. The Bertz CT molecular complexity index is 1470. The van der Waals surface area contributed by atoms with Crippen LogP contribution in [0.15, 0.2) is 64.6 Å². The largest absolute Gasteiger partial charge is 0.494 e. The molecule has 0 bridgehead atoms. The molecule has 0 unspecified atom stereocenters. The Balaban J connectivity index is 1.95. The number of rotatable bonds is 14. The molecular weight excluding hydrogens is 598 g/mol. The van der Waals surface area contributed by atoms with Gasteiger partial charge in [0.15, 0.2) is 9.84 Å². The number of hydrogen-bond donors (Lipinski definition) is 5. The fraction of sp³-hybridized carbons (Fsp3) is 0.296. The molecule has 0 saturated carbocycles. The summed E-state index contributed by atoms with van der Waals surface area (Å²) >= 11 is 3.44. The Labute approximate surface area is 243 Å². The summed E-state index contributed by atoms with van der Waals surface area (Å²) in [7, 11) is -2.01. The van der Waals surface area contributed by atoms with Crippen LogP contribution in [0.2, 0.25) is 0 Å². The highest BCUT2D eigenvalue weighted by atomic mass is 79.9. The number of sulfone groups is 1. The van der Waals surface area contributed by atoms with E-state index < -0.39 is 15.1 Å².